The van der Waals surface area contributed by atoms with Crippen LogP contribution in [0.5, 0.6) is 0 Å². The molecule has 0 aromatic rings. The van der Waals surface area contributed by atoms with Crippen molar-refractivity contribution in [2.75, 3.05) is 26.8 Å². The predicted molar refractivity (Wildman–Crippen MR) is 59.7 cm³/mol. The zero-order chi connectivity index (χ0) is 11.0. The summed E-state index contributed by atoms with van der Waals surface area (Å²) in [6.07, 6.45) is 1.69. The maximum atomic E-state index is 7.18. The standard InChI is InChI=1S/C10H23N3O/c1-4-6-14-7-5-13(3)9(2)8-10(11)12/h9H,4-8H2,1-3H3,(H3,11,12). The molecule has 14 heavy (non-hydrogen) atoms. The summed E-state index contributed by atoms with van der Waals surface area (Å²) in [5, 5.41) is 7.18. The Labute approximate surface area is 86.9 Å². The van der Waals surface area contributed by atoms with Gasteiger partial charge in [0.15, 0.2) is 0 Å². The fourth-order valence-electron chi connectivity index (χ4n) is 1.15. The molecular formula is C10H23N3O. The van der Waals surface area contributed by atoms with Gasteiger partial charge < -0.3 is 15.4 Å². The van der Waals surface area contributed by atoms with Gasteiger partial charge in [0.25, 0.3) is 0 Å². The van der Waals surface area contributed by atoms with Crippen LogP contribution in [0.4, 0.5) is 0 Å². The second-order valence-electron chi connectivity index (χ2n) is 3.67. The number of hydrogen-bond donors (Lipinski definition) is 2. The Hall–Kier alpha value is -0.610. The number of nitrogens with two attached hydrogens (primary N) is 1. The first-order valence-corrected chi connectivity index (χ1v) is 5.18. The van der Waals surface area contributed by atoms with Crippen molar-refractivity contribution in [3.8, 4) is 0 Å². The summed E-state index contributed by atoms with van der Waals surface area (Å²) in [5.41, 5.74) is 5.33. The monoisotopic (exact) mass is 201 g/mol. The number of rotatable bonds is 8. The predicted octanol–water partition coefficient (Wildman–Crippen LogP) is 1.06. The molecule has 0 radical (unpaired) electrons. The molecule has 0 heterocycles. The van der Waals surface area contributed by atoms with E-state index >= 15 is 0 Å². The first kappa shape index (κ1) is 13.4. The summed E-state index contributed by atoms with van der Waals surface area (Å²) >= 11 is 0. The number of ether oxygens (including phenoxy) is 1. The van der Waals surface area contributed by atoms with E-state index < -0.39 is 0 Å². The van der Waals surface area contributed by atoms with E-state index in [1.165, 1.54) is 0 Å². The van der Waals surface area contributed by atoms with Gasteiger partial charge in [-0.2, -0.15) is 0 Å². The Morgan fingerprint density at radius 1 is 1.50 bits per heavy atom. The lowest BCUT2D eigenvalue weighted by molar-refractivity contribution is 0.102. The number of nitrogens with one attached hydrogen (secondary N) is 1. The van der Waals surface area contributed by atoms with Crippen LogP contribution in [0.15, 0.2) is 0 Å². The summed E-state index contributed by atoms with van der Waals surface area (Å²) in [7, 11) is 2.03. The van der Waals surface area contributed by atoms with E-state index in [1.54, 1.807) is 0 Å². The average molecular weight is 201 g/mol. The van der Waals surface area contributed by atoms with Crippen molar-refractivity contribution < 1.29 is 4.74 Å². The van der Waals surface area contributed by atoms with Gasteiger partial charge in [-0.15, -0.1) is 0 Å². The molecule has 3 N–H and O–H groups in total. The lowest BCUT2D eigenvalue weighted by Crippen LogP contribution is -2.35. The summed E-state index contributed by atoms with van der Waals surface area (Å²) < 4.78 is 5.38. The number of likely N-dealkylation sites (N-methyl/N-ethyl adjacent to an activating group) is 1. The largest absolute Gasteiger partial charge is 0.388 e. The molecule has 0 rings (SSSR count). The minimum atomic E-state index is 0.249. The zero-order valence-corrected chi connectivity index (χ0v) is 9.55. The average Bonchev–Trinajstić information content (AvgIpc) is 2.11. The molecule has 0 spiro atoms. The fourth-order valence-corrected chi connectivity index (χ4v) is 1.15. The van der Waals surface area contributed by atoms with Gasteiger partial charge in [0.1, 0.15) is 0 Å². The Kier molecular flexibility index (Phi) is 7.42. The van der Waals surface area contributed by atoms with Crippen LogP contribution in [0.2, 0.25) is 0 Å². The quantitative estimate of drug-likeness (QED) is 0.351. The SMILES string of the molecule is CCCOCCN(C)C(C)CC(=N)N. The molecule has 0 aliphatic carbocycles. The van der Waals surface area contributed by atoms with Crippen LogP contribution in [0.25, 0.3) is 0 Å². The second kappa shape index (κ2) is 7.76. The maximum absolute atomic E-state index is 7.18. The summed E-state index contributed by atoms with van der Waals surface area (Å²) in [5.74, 6) is 0.249. The highest BCUT2D eigenvalue weighted by molar-refractivity contribution is 5.77. The summed E-state index contributed by atoms with van der Waals surface area (Å²) in [4.78, 5) is 2.16. The molecule has 4 nitrogen and oxygen atoms in total. The molecule has 4 heteroatoms. The van der Waals surface area contributed by atoms with Gasteiger partial charge in [0.2, 0.25) is 0 Å². The minimum absolute atomic E-state index is 0.249. The van der Waals surface area contributed by atoms with Crippen LogP contribution in [-0.2, 0) is 4.74 Å². The second-order valence-corrected chi connectivity index (χ2v) is 3.67. The first-order chi connectivity index (χ1) is 6.57. The number of nitrogens with zero attached hydrogens (tertiary/aromatic N) is 1. The Morgan fingerprint density at radius 2 is 2.14 bits per heavy atom. The molecule has 0 fully saturated rings. The highest BCUT2D eigenvalue weighted by Crippen LogP contribution is 1.99. The third-order valence-electron chi connectivity index (χ3n) is 2.20. The van der Waals surface area contributed by atoms with Gasteiger partial charge in [-0.1, -0.05) is 6.92 Å². The molecule has 1 atom stereocenters. The zero-order valence-electron chi connectivity index (χ0n) is 9.55. The van der Waals surface area contributed by atoms with E-state index in [9.17, 15) is 0 Å². The van der Waals surface area contributed by atoms with Crippen molar-refractivity contribution in [2.24, 2.45) is 5.73 Å². The lowest BCUT2D eigenvalue weighted by atomic mass is 10.2. The summed E-state index contributed by atoms with van der Waals surface area (Å²) in [6, 6.07) is 0.317. The normalized spacial score (nSPS) is 13.1. The van der Waals surface area contributed by atoms with Crippen LogP contribution in [0, 0.1) is 5.41 Å². The van der Waals surface area contributed by atoms with Crippen LogP contribution >= 0.6 is 0 Å². The Morgan fingerprint density at radius 3 is 2.64 bits per heavy atom. The summed E-state index contributed by atoms with van der Waals surface area (Å²) in [6.45, 7) is 6.65. The third kappa shape index (κ3) is 6.86. The first-order valence-electron chi connectivity index (χ1n) is 5.18. The molecule has 0 saturated carbocycles. The lowest BCUT2D eigenvalue weighted by Gasteiger charge is -2.23. The van der Waals surface area contributed by atoms with Crippen molar-refractivity contribution >= 4 is 5.84 Å². The van der Waals surface area contributed by atoms with E-state index in [-0.39, 0.29) is 5.84 Å². The van der Waals surface area contributed by atoms with Gasteiger partial charge in [-0.3, -0.25) is 5.41 Å². The number of amidine groups is 1. The van der Waals surface area contributed by atoms with Gasteiger partial charge in [0.05, 0.1) is 12.4 Å². The van der Waals surface area contributed by atoms with Crippen LogP contribution in [-0.4, -0.2) is 43.6 Å². The molecule has 0 amide bonds. The molecule has 0 aromatic heterocycles. The smallest absolute Gasteiger partial charge is 0.0920 e. The topological polar surface area (TPSA) is 62.3 Å². The fraction of sp³-hybridized carbons (Fsp3) is 0.900. The maximum Gasteiger partial charge on any atom is 0.0920 e. The molecule has 1 unspecified atom stereocenters. The van der Waals surface area contributed by atoms with Gasteiger partial charge >= 0.3 is 0 Å². The van der Waals surface area contributed by atoms with Crippen LogP contribution in [0.3, 0.4) is 0 Å². The van der Waals surface area contributed by atoms with Crippen molar-refractivity contribution in [1.82, 2.24) is 4.90 Å². The van der Waals surface area contributed by atoms with Crippen molar-refractivity contribution in [2.45, 2.75) is 32.7 Å². The Balaban J connectivity index is 3.51. The molecule has 84 valence electrons. The van der Waals surface area contributed by atoms with Gasteiger partial charge in [-0.25, -0.2) is 0 Å². The molecule has 0 saturated heterocycles. The minimum Gasteiger partial charge on any atom is -0.388 e. The number of hydrogen-bond acceptors (Lipinski definition) is 3. The van der Waals surface area contributed by atoms with E-state index in [0.29, 0.717) is 12.5 Å². The van der Waals surface area contributed by atoms with Crippen molar-refractivity contribution in [1.29, 1.82) is 5.41 Å². The van der Waals surface area contributed by atoms with E-state index in [4.69, 9.17) is 15.9 Å². The molecule has 0 aliphatic rings. The van der Waals surface area contributed by atoms with E-state index in [0.717, 1.165) is 26.2 Å². The Bertz CT molecular complexity index is 161. The van der Waals surface area contributed by atoms with E-state index in [1.807, 2.05) is 7.05 Å². The van der Waals surface area contributed by atoms with Crippen molar-refractivity contribution in [3.05, 3.63) is 0 Å². The highest BCUT2D eigenvalue weighted by Gasteiger charge is 2.09. The van der Waals surface area contributed by atoms with Crippen LogP contribution in [0.1, 0.15) is 26.7 Å². The van der Waals surface area contributed by atoms with Gasteiger partial charge in [0, 0.05) is 25.6 Å². The molecule has 0 aliphatic heterocycles. The van der Waals surface area contributed by atoms with Crippen molar-refractivity contribution in [3.63, 3.8) is 0 Å². The molecule has 0 bridgehead atoms. The highest BCUT2D eigenvalue weighted by atomic mass is 16.5. The van der Waals surface area contributed by atoms with E-state index in [2.05, 4.69) is 18.7 Å². The third-order valence-corrected chi connectivity index (χ3v) is 2.20. The molecule has 0 aromatic carbocycles. The van der Waals surface area contributed by atoms with Gasteiger partial charge in [-0.05, 0) is 20.4 Å². The van der Waals surface area contributed by atoms with Crippen LogP contribution < -0.4 is 5.73 Å². The molecular weight excluding hydrogens is 178 g/mol.